The van der Waals surface area contributed by atoms with Gasteiger partial charge in [-0.25, -0.2) is 4.79 Å². The molecule has 0 bridgehead atoms. The maximum atomic E-state index is 9.60. The number of hydrogen-bond acceptors (Lipinski definition) is 5. The number of hydrogen-bond donors (Lipinski definition) is 3. The Bertz CT molecular complexity index is 103. The third kappa shape index (κ3) is 12.1. The zero-order valence-corrected chi connectivity index (χ0v) is 5.77. The van der Waals surface area contributed by atoms with Gasteiger partial charge in [-0.1, -0.05) is 0 Å². The summed E-state index contributed by atoms with van der Waals surface area (Å²) >= 11 is 0. The Morgan fingerprint density at radius 1 is 1.55 bits per heavy atom. The Balaban J connectivity index is 0. The molecule has 3 N–H and O–H groups in total. The first-order chi connectivity index (χ1) is 5.16. The quantitative estimate of drug-likeness (QED) is 0.457. The maximum absolute atomic E-state index is 9.60. The third-order valence-electron chi connectivity index (χ3n) is 0.610. The van der Waals surface area contributed by atoms with Crippen LogP contribution in [0.5, 0.6) is 0 Å². The van der Waals surface area contributed by atoms with Crippen LogP contribution in [0, 0.1) is 0 Å². The topological polar surface area (TPSA) is 104 Å². The van der Waals surface area contributed by atoms with E-state index in [-0.39, 0.29) is 6.61 Å². The molecule has 0 radical (unpaired) electrons. The Morgan fingerprint density at radius 3 is 2.27 bits per heavy atom. The average Bonchev–Trinajstić information content (AvgIpc) is 2.04. The van der Waals surface area contributed by atoms with E-state index in [0.29, 0.717) is 0 Å². The summed E-state index contributed by atoms with van der Waals surface area (Å²) in [6, 6.07) is 0. The summed E-state index contributed by atoms with van der Waals surface area (Å²) < 4.78 is 3.90. The molecule has 0 rings (SSSR count). The van der Waals surface area contributed by atoms with Crippen molar-refractivity contribution in [1.82, 2.24) is 0 Å². The number of carbonyl (C=O) groups is 2. The predicted molar refractivity (Wildman–Crippen MR) is 34.2 cm³/mol. The highest BCUT2D eigenvalue weighted by Crippen LogP contribution is 1.82. The summed E-state index contributed by atoms with van der Waals surface area (Å²) in [7, 11) is 0. The first-order valence-electron chi connectivity index (χ1n) is 2.60. The fourth-order valence-electron chi connectivity index (χ4n) is 0.220. The Hall–Kier alpha value is -1.14. The molecule has 0 aromatic carbocycles. The molecule has 0 aliphatic rings. The molecule has 0 saturated heterocycles. The van der Waals surface area contributed by atoms with E-state index in [0.717, 1.165) is 0 Å². The van der Waals surface area contributed by atoms with Crippen molar-refractivity contribution in [2.24, 2.45) is 0 Å². The highest BCUT2D eigenvalue weighted by atomic mass is 16.7. The zero-order chi connectivity index (χ0) is 9.28. The molecule has 0 aliphatic carbocycles. The summed E-state index contributed by atoms with van der Waals surface area (Å²) in [5, 5.41) is 24.4. The third-order valence-corrected chi connectivity index (χ3v) is 0.610. The molecule has 0 aromatic heterocycles. The normalized spacial score (nSPS) is 10.7. The lowest BCUT2D eigenvalue weighted by Crippen LogP contribution is -2.21. The lowest BCUT2D eigenvalue weighted by atomic mass is 10.4. The monoisotopic (exact) mass is 166 g/mol. The fourth-order valence-corrected chi connectivity index (χ4v) is 0.220. The first kappa shape index (κ1) is 12.5. The zero-order valence-electron chi connectivity index (χ0n) is 5.77. The summed E-state index contributed by atoms with van der Waals surface area (Å²) in [6.45, 7) is 1.12. The largest absolute Gasteiger partial charge is 0.505 e. The second kappa shape index (κ2) is 8.86. The lowest BCUT2D eigenvalue weighted by Gasteiger charge is -2.03. The van der Waals surface area contributed by atoms with Crippen molar-refractivity contribution in [3.05, 3.63) is 0 Å². The van der Waals surface area contributed by atoms with Gasteiger partial charge in [0.1, 0.15) is 19.5 Å². The molecule has 0 saturated carbocycles. The summed E-state index contributed by atoms with van der Waals surface area (Å²) in [4.78, 5) is 17.6. The van der Waals surface area contributed by atoms with Crippen molar-refractivity contribution in [3.63, 3.8) is 0 Å². The molecule has 66 valence electrons. The van der Waals surface area contributed by atoms with Gasteiger partial charge in [-0.15, -0.1) is 0 Å². The van der Waals surface area contributed by atoms with Gasteiger partial charge in [0.25, 0.3) is 0 Å². The summed E-state index contributed by atoms with van der Waals surface area (Å²) in [5.41, 5.74) is 0. The van der Waals surface area contributed by atoms with Crippen LogP contribution in [0.25, 0.3) is 0 Å². The molecule has 0 spiro atoms. The van der Waals surface area contributed by atoms with Crippen molar-refractivity contribution in [2.75, 3.05) is 13.2 Å². The van der Waals surface area contributed by atoms with Crippen molar-refractivity contribution >= 4 is 12.9 Å². The van der Waals surface area contributed by atoms with E-state index >= 15 is 0 Å². The summed E-state index contributed by atoms with van der Waals surface area (Å²) in [5.74, 6) is 0. The van der Waals surface area contributed by atoms with Gasteiger partial charge in [0.15, 0.2) is 0 Å². The van der Waals surface area contributed by atoms with Crippen LogP contribution in [0.15, 0.2) is 0 Å². The Labute approximate surface area is 63.0 Å². The molecule has 1 unspecified atom stereocenters. The van der Waals surface area contributed by atoms with Crippen LogP contribution >= 0.6 is 0 Å². The molecule has 1 atom stereocenters. The molecular formula is C5H10O6. The first-order valence-corrected chi connectivity index (χ1v) is 2.60. The maximum Gasteiger partial charge on any atom is 0.505 e. The van der Waals surface area contributed by atoms with Gasteiger partial charge >= 0.3 is 6.16 Å². The SMILES string of the molecule is C=O.O=C(O)OCC(O)CO. The molecule has 6 heteroatoms. The van der Waals surface area contributed by atoms with Gasteiger partial charge in [0.05, 0.1) is 6.61 Å². The standard InChI is InChI=1S/C4H8O5.CH2O/c5-1-3(6)2-9-4(7)8;1-2/h3,5-6H,1-2H2,(H,7,8);1H2. The van der Waals surface area contributed by atoms with Gasteiger partial charge in [-0.05, 0) is 0 Å². The molecular weight excluding hydrogens is 156 g/mol. The second-order valence-electron chi connectivity index (χ2n) is 1.41. The molecule has 0 aromatic rings. The van der Waals surface area contributed by atoms with E-state index in [1.807, 2.05) is 6.79 Å². The molecule has 11 heavy (non-hydrogen) atoms. The van der Waals surface area contributed by atoms with Gasteiger partial charge in [-0.2, -0.15) is 0 Å². The molecule has 0 heterocycles. The highest BCUT2D eigenvalue weighted by molar-refractivity contribution is 5.56. The fraction of sp³-hybridized carbons (Fsp3) is 0.600. The number of rotatable bonds is 3. The van der Waals surface area contributed by atoms with Crippen LogP contribution in [0.2, 0.25) is 0 Å². The van der Waals surface area contributed by atoms with Crippen molar-refractivity contribution in [2.45, 2.75) is 6.10 Å². The van der Waals surface area contributed by atoms with Crippen molar-refractivity contribution in [3.8, 4) is 0 Å². The van der Waals surface area contributed by atoms with Gasteiger partial charge in [0, 0.05) is 0 Å². The Kier molecular flexibility index (Phi) is 10.1. The van der Waals surface area contributed by atoms with Crippen LogP contribution in [0.1, 0.15) is 0 Å². The van der Waals surface area contributed by atoms with Crippen LogP contribution in [-0.2, 0) is 9.53 Å². The van der Waals surface area contributed by atoms with E-state index in [1.165, 1.54) is 0 Å². The van der Waals surface area contributed by atoms with Crippen molar-refractivity contribution in [1.29, 1.82) is 0 Å². The molecule has 0 aliphatic heterocycles. The van der Waals surface area contributed by atoms with E-state index < -0.39 is 18.9 Å². The van der Waals surface area contributed by atoms with Gasteiger partial charge in [-0.3, -0.25) is 0 Å². The highest BCUT2D eigenvalue weighted by Gasteiger charge is 2.03. The van der Waals surface area contributed by atoms with Crippen LogP contribution < -0.4 is 0 Å². The van der Waals surface area contributed by atoms with Gasteiger partial charge in [0.2, 0.25) is 0 Å². The number of aliphatic hydroxyl groups is 2. The average molecular weight is 166 g/mol. The molecule has 0 fully saturated rings. The number of ether oxygens (including phenoxy) is 1. The van der Waals surface area contributed by atoms with Crippen LogP contribution in [0.3, 0.4) is 0 Å². The van der Waals surface area contributed by atoms with Crippen LogP contribution in [-0.4, -0.2) is 47.6 Å². The van der Waals surface area contributed by atoms with Crippen LogP contribution in [0.4, 0.5) is 4.79 Å². The number of carboxylic acid groups (broad SMARTS) is 1. The molecule has 0 amide bonds. The minimum atomic E-state index is -1.46. The second-order valence-corrected chi connectivity index (χ2v) is 1.41. The van der Waals surface area contributed by atoms with Gasteiger partial charge < -0.3 is 24.9 Å². The lowest BCUT2D eigenvalue weighted by molar-refractivity contribution is -0.0980. The number of aliphatic hydroxyl groups excluding tert-OH is 2. The van der Waals surface area contributed by atoms with E-state index in [9.17, 15) is 4.79 Å². The molecule has 6 nitrogen and oxygen atoms in total. The summed E-state index contributed by atoms with van der Waals surface area (Å²) in [6.07, 6.45) is -2.57. The van der Waals surface area contributed by atoms with E-state index in [4.69, 9.17) is 20.1 Å². The number of carbonyl (C=O) groups excluding carboxylic acids is 1. The van der Waals surface area contributed by atoms with E-state index in [2.05, 4.69) is 4.74 Å². The predicted octanol–water partition coefficient (Wildman–Crippen LogP) is -1.15. The minimum absolute atomic E-state index is 0.383. The Morgan fingerprint density at radius 2 is 2.00 bits per heavy atom. The van der Waals surface area contributed by atoms with Crippen molar-refractivity contribution < 1.29 is 29.6 Å². The smallest absolute Gasteiger partial charge is 0.450 e. The van der Waals surface area contributed by atoms with E-state index in [1.54, 1.807) is 0 Å². The minimum Gasteiger partial charge on any atom is -0.450 e.